The van der Waals surface area contributed by atoms with Crippen LogP contribution in [0.4, 0.5) is 0 Å². The predicted octanol–water partition coefficient (Wildman–Crippen LogP) is 0.147. The Morgan fingerprint density at radius 1 is 1.23 bits per heavy atom. The molecule has 0 spiro atoms. The van der Waals surface area contributed by atoms with Crippen molar-refractivity contribution in [2.45, 2.75) is 6.92 Å². The number of nitrogens with zero attached hydrogens (tertiary/aromatic N) is 4. The predicted molar refractivity (Wildman–Crippen MR) is 73.9 cm³/mol. The maximum absolute atomic E-state index is 12.0. The second-order valence-corrected chi connectivity index (χ2v) is 4.09. The Balaban J connectivity index is 2.47. The molecule has 1 aliphatic rings. The maximum atomic E-state index is 12.0. The number of hydrogen-bond acceptors (Lipinski definition) is 8. The van der Waals surface area contributed by atoms with Gasteiger partial charge in [-0.15, -0.1) is 10.2 Å². The molecule has 22 heavy (non-hydrogen) atoms. The molecule has 8 nitrogen and oxygen atoms in total. The lowest BCUT2D eigenvalue weighted by Gasteiger charge is -2.07. The number of carbonyl (C=O) groups is 1. The topological polar surface area (TPSA) is 108 Å². The number of rotatable bonds is 4. The van der Waals surface area contributed by atoms with Crippen molar-refractivity contribution in [1.82, 2.24) is 0 Å². The van der Waals surface area contributed by atoms with E-state index in [2.05, 4.69) is 25.4 Å². The minimum atomic E-state index is -0.575. The molecule has 0 bridgehead atoms. The average molecular weight is 301 g/mol. The molecular weight excluding hydrogens is 288 g/mol. The number of hydrogen-bond donors (Lipinski definition) is 0. The minimum absolute atomic E-state index is 0.0792. The first kappa shape index (κ1) is 15.4. The SMILES string of the molecule is CCOC(=O)C(C=c1ccc(=C([O-])OC)cc1)=C1N=NN=N1. The largest absolute Gasteiger partial charge is 0.616 e. The summed E-state index contributed by atoms with van der Waals surface area (Å²) in [6.07, 6.45) is 1.54. The van der Waals surface area contributed by atoms with Gasteiger partial charge in [-0.2, -0.15) is 0 Å². The molecule has 0 amide bonds. The van der Waals surface area contributed by atoms with Gasteiger partial charge in [0, 0.05) is 0 Å². The van der Waals surface area contributed by atoms with Gasteiger partial charge in [-0.3, -0.25) is 0 Å². The lowest BCUT2D eigenvalue weighted by Crippen LogP contribution is -2.19. The first-order valence-electron chi connectivity index (χ1n) is 6.42. The van der Waals surface area contributed by atoms with Crippen LogP contribution in [0, 0.1) is 0 Å². The van der Waals surface area contributed by atoms with E-state index in [-0.39, 0.29) is 18.0 Å². The summed E-state index contributed by atoms with van der Waals surface area (Å²) in [4.78, 5) is 12.0. The summed E-state index contributed by atoms with van der Waals surface area (Å²) in [5.74, 6) is -0.932. The summed E-state index contributed by atoms with van der Waals surface area (Å²) in [6, 6.07) is 6.50. The molecule has 114 valence electrons. The van der Waals surface area contributed by atoms with Crippen LogP contribution in [-0.2, 0) is 14.3 Å². The zero-order valence-corrected chi connectivity index (χ0v) is 12.0. The van der Waals surface area contributed by atoms with Gasteiger partial charge in [0.2, 0.25) is 5.82 Å². The zero-order valence-electron chi connectivity index (χ0n) is 12.0. The monoisotopic (exact) mass is 301 g/mol. The van der Waals surface area contributed by atoms with E-state index in [0.717, 1.165) is 0 Å². The van der Waals surface area contributed by atoms with Gasteiger partial charge in [0.05, 0.1) is 12.6 Å². The molecule has 0 aromatic heterocycles. The van der Waals surface area contributed by atoms with E-state index >= 15 is 0 Å². The molecule has 0 radical (unpaired) electrons. The van der Waals surface area contributed by atoms with Crippen molar-refractivity contribution in [3.8, 4) is 0 Å². The molecule has 1 aromatic rings. The highest BCUT2D eigenvalue weighted by Crippen LogP contribution is 2.17. The Labute approximate surface area is 125 Å². The van der Waals surface area contributed by atoms with Crippen LogP contribution in [0.3, 0.4) is 0 Å². The first-order valence-corrected chi connectivity index (χ1v) is 6.42. The van der Waals surface area contributed by atoms with Crippen molar-refractivity contribution in [3.05, 3.63) is 46.1 Å². The summed E-state index contributed by atoms with van der Waals surface area (Å²) in [5, 5.41) is 26.5. The average Bonchev–Trinajstić information content (AvgIpc) is 3.06. The van der Waals surface area contributed by atoms with Gasteiger partial charge in [-0.25, -0.2) is 4.79 Å². The van der Waals surface area contributed by atoms with E-state index in [1.54, 1.807) is 31.2 Å². The number of methoxy groups -OCH3 is 1. The molecule has 0 aliphatic carbocycles. The fourth-order valence-electron chi connectivity index (χ4n) is 1.68. The second kappa shape index (κ2) is 7.11. The Bertz CT molecular complexity index is 743. The molecule has 0 saturated carbocycles. The van der Waals surface area contributed by atoms with E-state index in [1.807, 2.05) is 0 Å². The van der Waals surface area contributed by atoms with Crippen LogP contribution in [0.5, 0.6) is 0 Å². The number of ether oxygens (including phenoxy) is 2. The third-order valence-corrected chi connectivity index (χ3v) is 2.70. The van der Waals surface area contributed by atoms with Crippen molar-refractivity contribution in [3.63, 3.8) is 0 Å². The molecule has 1 heterocycles. The molecule has 0 N–H and O–H groups in total. The molecule has 0 atom stereocenters. The highest BCUT2D eigenvalue weighted by atomic mass is 16.6. The first-order chi connectivity index (χ1) is 10.7. The van der Waals surface area contributed by atoms with E-state index in [0.29, 0.717) is 10.4 Å². The molecular formula is C14H13N4O4-. The lowest BCUT2D eigenvalue weighted by atomic mass is 10.2. The molecule has 1 aliphatic heterocycles. The molecule has 8 heteroatoms. The fraction of sp³-hybridized carbons (Fsp3) is 0.214. The van der Waals surface area contributed by atoms with Gasteiger partial charge < -0.3 is 14.6 Å². The van der Waals surface area contributed by atoms with E-state index < -0.39 is 11.9 Å². The van der Waals surface area contributed by atoms with E-state index in [4.69, 9.17) is 4.74 Å². The van der Waals surface area contributed by atoms with Crippen LogP contribution < -0.4 is 15.5 Å². The molecule has 0 unspecified atom stereocenters. The minimum Gasteiger partial charge on any atom is -0.616 e. The Hall–Kier alpha value is -3.03. The van der Waals surface area contributed by atoms with Crippen LogP contribution in [0.15, 0.2) is 56.3 Å². The quantitative estimate of drug-likeness (QED) is 0.582. The number of benzene rings is 1. The lowest BCUT2D eigenvalue weighted by molar-refractivity contribution is -0.288. The van der Waals surface area contributed by atoms with E-state index in [1.165, 1.54) is 13.2 Å². The van der Waals surface area contributed by atoms with Crippen molar-refractivity contribution in [2.24, 2.45) is 20.7 Å². The van der Waals surface area contributed by atoms with Crippen LogP contribution >= 0.6 is 0 Å². The van der Waals surface area contributed by atoms with Gasteiger partial charge >= 0.3 is 5.97 Å². The molecule has 0 saturated heterocycles. The van der Waals surface area contributed by atoms with Gasteiger partial charge in [0.1, 0.15) is 5.57 Å². The zero-order chi connectivity index (χ0) is 15.9. The Morgan fingerprint density at radius 3 is 2.41 bits per heavy atom. The van der Waals surface area contributed by atoms with Gasteiger partial charge in [0.15, 0.2) is 0 Å². The molecule has 0 fully saturated rings. The number of carbonyl (C=O) groups excluding carboxylic acids is 1. The van der Waals surface area contributed by atoms with Gasteiger partial charge in [0.25, 0.3) is 0 Å². The summed E-state index contributed by atoms with van der Waals surface area (Å²) in [5.41, 5.74) is 0.137. The van der Waals surface area contributed by atoms with Gasteiger partial charge in [-0.1, -0.05) is 24.3 Å². The van der Waals surface area contributed by atoms with Crippen LogP contribution in [0.25, 0.3) is 12.0 Å². The smallest absolute Gasteiger partial charge is 0.342 e. The van der Waals surface area contributed by atoms with Crippen molar-refractivity contribution in [2.75, 3.05) is 13.7 Å². The summed E-state index contributed by atoms with van der Waals surface area (Å²) in [7, 11) is 1.31. The van der Waals surface area contributed by atoms with Crippen LogP contribution in [0.2, 0.25) is 0 Å². The highest BCUT2D eigenvalue weighted by Gasteiger charge is 2.16. The third-order valence-electron chi connectivity index (χ3n) is 2.70. The van der Waals surface area contributed by atoms with E-state index in [9.17, 15) is 9.90 Å². The van der Waals surface area contributed by atoms with Crippen molar-refractivity contribution >= 4 is 18.0 Å². The maximum Gasteiger partial charge on any atom is 0.342 e. The summed E-state index contributed by atoms with van der Waals surface area (Å²) >= 11 is 0. The van der Waals surface area contributed by atoms with Crippen LogP contribution in [0.1, 0.15) is 6.92 Å². The summed E-state index contributed by atoms with van der Waals surface area (Å²) in [6.45, 7) is 1.92. The highest BCUT2D eigenvalue weighted by molar-refractivity contribution is 5.98. The number of esters is 1. The molecule has 1 aromatic carbocycles. The molecule has 2 rings (SSSR count). The van der Waals surface area contributed by atoms with Crippen molar-refractivity contribution < 1.29 is 19.4 Å². The second-order valence-electron chi connectivity index (χ2n) is 4.09. The Morgan fingerprint density at radius 2 is 1.86 bits per heavy atom. The van der Waals surface area contributed by atoms with Gasteiger partial charge in [-0.05, 0) is 41.0 Å². The Kier molecular flexibility index (Phi) is 4.97. The standard InChI is InChI=1S/C14H14N4O4/c1-3-22-14(20)11(12-15-17-18-16-12)8-9-4-6-10(7-5-9)13(19)21-2/h4-8,19H,3H2,1-2H3/p-1. The third kappa shape index (κ3) is 3.54. The fourth-order valence-corrected chi connectivity index (χ4v) is 1.68. The van der Waals surface area contributed by atoms with Crippen molar-refractivity contribution in [1.29, 1.82) is 0 Å². The normalized spacial score (nSPS) is 12.2. The van der Waals surface area contributed by atoms with Crippen LogP contribution in [-0.4, -0.2) is 19.7 Å². The summed E-state index contributed by atoms with van der Waals surface area (Å²) < 4.78 is 9.58.